The molecule has 35 heavy (non-hydrogen) atoms. The van der Waals surface area contributed by atoms with Crippen LogP contribution in [-0.2, 0) is 11.4 Å². The van der Waals surface area contributed by atoms with E-state index in [1.165, 1.54) is 29.2 Å². The number of ether oxygens (including phenoxy) is 1. The summed E-state index contributed by atoms with van der Waals surface area (Å²) in [5.41, 5.74) is 1.72. The van der Waals surface area contributed by atoms with Gasteiger partial charge in [-0.05, 0) is 71.4 Å². The summed E-state index contributed by atoms with van der Waals surface area (Å²) < 4.78 is 19.1. The van der Waals surface area contributed by atoms with Crippen LogP contribution in [0.2, 0.25) is 10.0 Å². The second-order valence-corrected chi connectivity index (χ2v) is 9.28. The molecular formula is C25H17Cl2FN2O4S. The fourth-order valence-electron chi connectivity index (χ4n) is 3.20. The Morgan fingerprint density at radius 3 is 2.54 bits per heavy atom. The van der Waals surface area contributed by atoms with Crippen molar-refractivity contribution in [1.29, 1.82) is 0 Å². The Kier molecular flexibility index (Phi) is 7.45. The predicted molar refractivity (Wildman–Crippen MR) is 136 cm³/mol. The molecule has 3 aromatic carbocycles. The zero-order chi connectivity index (χ0) is 25.1. The first-order chi connectivity index (χ1) is 16.7. The first kappa shape index (κ1) is 24.8. The zero-order valence-corrected chi connectivity index (χ0v) is 20.5. The maximum absolute atomic E-state index is 13.4. The molecule has 1 aliphatic heterocycles. The van der Waals surface area contributed by atoms with E-state index in [2.05, 4.69) is 4.99 Å². The van der Waals surface area contributed by atoms with Crippen LogP contribution in [0.3, 0.4) is 0 Å². The highest BCUT2D eigenvalue weighted by molar-refractivity contribution is 8.18. The number of nitrogens with zero attached hydrogens (tertiary/aromatic N) is 2. The second kappa shape index (κ2) is 10.5. The lowest BCUT2D eigenvalue weighted by Gasteiger charge is -2.11. The van der Waals surface area contributed by atoms with Crippen LogP contribution in [0.1, 0.15) is 21.5 Å². The van der Waals surface area contributed by atoms with Gasteiger partial charge in [0.05, 0.1) is 26.2 Å². The monoisotopic (exact) mass is 530 g/mol. The van der Waals surface area contributed by atoms with Gasteiger partial charge in [-0.25, -0.2) is 14.2 Å². The average Bonchev–Trinajstić information content (AvgIpc) is 3.06. The molecule has 10 heteroatoms. The highest BCUT2D eigenvalue weighted by atomic mass is 35.5. The highest BCUT2D eigenvalue weighted by Crippen LogP contribution is 2.38. The van der Waals surface area contributed by atoms with Crippen LogP contribution in [0.15, 0.2) is 70.6 Å². The molecule has 3 aromatic rings. The van der Waals surface area contributed by atoms with Crippen LogP contribution in [-0.4, -0.2) is 34.1 Å². The Hall–Kier alpha value is -3.33. The highest BCUT2D eigenvalue weighted by Gasteiger charge is 2.30. The summed E-state index contributed by atoms with van der Waals surface area (Å²) in [7, 11) is 1.58. The molecule has 0 spiro atoms. The lowest BCUT2D eigenvalue weighted by atomic mass is 10.2. The Balaban J connectivity index is 1.54. The molecule has 1 amide bonds. The number of hydrogen-bond donors (Lipinski definition) is 1. The molecule has 0 atom stereocenters. The fourth-order valence-corrected chi connectivity index (χ4v) is 4.80. The van der Waals surface area contributed by atoms with Crippen LogP contribution in [0.5, 0.6) is 5.75 Å². The number of amidine groups is 1. The van der Waals surface area contributed by atoms with Crippen molar-refractivity contribution in [3.63, 3.8) is 0 Å². The molecule has 1 fully saturated rings. The third-order valence-electron chi connectivity index (χ3n) is 4.91. The third kappa shape index (κ3) is 5.85. The van der Waals surface area contributed by atoms with Gasteiger partial charge in [0.1, 0.15) is 12.4 Å². The van der Waals surface area contributed by atoms with Gasteiger partial charge in [-0.2, -0.15) is 0 Å². The number of benzene rings is 3. The molecule has 1 N–H and O–H groups in total. The van der Waals surface area contributed by atoms with E-state index in [9.17, 15) is 14.0 Å². The molecule has 1 heterocycles. The molecule has 0 radical (unpaired) electrons. The molecule has 4 rings (SSSR count). The van der Waals surface area contributed by atoms with Crippen molar-refractivity contribution in [2.45, 2.75) is 6.61 Å². The lowest BCUT2D eigenvalue weighted by molar-refractivity contribution is -0.121. The van der Waals surface area contributed by atoms with E-state index in [4.69, 9.17) is 33.0 Å². The number of carbonyl (C=O) groups excluding carboxylic acids is 1. The topological polar surface area (TPSA) is 79.2 Å². The van der Waals surface area contributed by atoms with Gasteiger partial charge in [0.15, 0.2) is 10.9 Å². The van der Waals surface area contributed by atoms with E-state index < -0.39 is 5.97 Å². The summed E-state index contributed by atoms with van der Waals surface area (Å²) in [6, 6.07) is 15.4. The molecule has 6 nitrogen and oxygen atoms in total. The van der Waals surface area contributed by atoms with Crippen molar-refractivity contribution in [2.24, 2.45) is 4.99 Å². The van der Waals surface area contributed by atoms with Crippen LogP contribution < -0.4 is 4.74 Å². The summed E-state index contributed by atoms with van der Waals surface area (Å²) in [4.78, 5) is 30.1. The number of aromatic carboxylic acids is 1. The zero-order valence-electron chi connectivity index (χ0n) is 18.2. The van der Waals surface area contributed by atoms with E-state index in [1.807, 2.05) is 0 Å². The fraction of sp³-hybridized carbons (Fsp3) is 0.0800. The van der Waals surface area contributed by atoms with E-state index in [-0.39, 0.29) is 39.7 Å². The molecular weight excluding hydrogens is 514 g/mol. The van der Waals surface area contributed by atoms with Gasteiger partial charge in [-0.3, -0.25) is 9.69 Å². The van der Waals surface area contributed by atoms with Crippen molar-refractivity contribution in [2.75, 3.05) is 7.05 Å². The van der Waals surface area contributed by atoms with Crippen LogP contribution in [0.4, 0.5) is 10.1 Å². The smallest absolute Gasteiger partial charge is 0.335 e. The molecule has 0 aromatic heterocycles. The maximum atomic E-state index is 13.4. The summed E-state index contributed by atoms with van der Waals surface area (Å²) >= 11 is 13.9. The third-order valence-corrected chi connectivity index (χ3v) is 6.53. The van der Waals surface area contributed by atoms with Crippen molar-refractivity contribution in [3.8, 4) is 5.75 Å². The van der Waals surface area contributed by atoms with Gasteiger partial charge >= 0.3 is 5.97 Å². The van der Waals surface area contributed by atoms with Crippen molar-refractivity contribution in [1.82, 2.24) is 4.90 Å². The predicted octanol–water partition coefficient (Wildman–Crippen LogP) is 6.64. The number of carboxylic acid groups (broad SMARTS) is 1. The number of thioether (sulfide) groups is 1. The molecule has 178 valence electrons. The SMILES string of the molecule is CN1C(=O)C(=Cc2cc(Cl)c(OCc3cccc(F)c3)c(Cl)c2)SC1=Nc1cccc(C(=O)O)c1. The van der Waals surface area contributed by atoms with Gasteiger partial charge in [0, 0.05) is 7.05 Å². The van der Waals surface area contributed by atoms with Crippen molar-refractivity contribution >= 4 is 63.8 Å². The number of likely N-dealkylation sites (N-methyl/N-ethyl adjacent to an activating group) is 1. The lowest BCUT2D eigenvalue weighted by Crippen LogP contribution is -2.23. The maximum Gasteiger partial charge on any atom is 0.335 e. The van der Waals surface area contributed by atoms with Crippen LogP contribution in [0, 0.1) is 5.82 Å². The van der Waals surface area contributed by atoms with E-state index >= 15 is 0 Å². The van der Waals surface area contributed by atoms with Gasteiger partial charge in [-0.15, -0.1) is 0 Å². The summed E-state index contributed by atoms with van der Waals surface area (Å²) in [5, 5.41) is 10.0. The molecule has 0 saturated carbocycles. The second-order valence-electron chi connectivity index (χ2n) is 7.46. The Morgan fingerprint density at radius 1 is 1.14 bits per heavy atom. The number of rotatable bonds is 6. The van der Waals surface area contributed by atoms with E-state index in [0.29, 0.717) is 26.9 Å². The van der Waals surface area contributed by atoms with Gasteiger partial charge < -0.3 is 9.84 Å². The van der Waals surface area contributed by atoms with Gasteiger partial charge in [-0.1, -0.05) is 41.4 Å². The summed E-state index contributed by atoms with van der Waals surface area (Å²) in [6.07, 6.45) is 1.63. The standard InChI is InChI=1S/C25H17Cl2FN2O4S/c1-30-23(31)21(35-25(30)29-18-7-3-5-16(12-18)24(32)33)11-15-9-19(26)22(20(27)10-15)34-13-14-4-2-6-17(28)8-14/h2-12H,13H2,1H3,(H,32,33). The van der Waals surface area contributed by atoms with Crippen molar-refractivity contribution in [3.05, 3.63) is 98.1 Å². The Morgan fingerprint density at radius 2 is 1.86 bits per heavy atom. The normalized spacial score (nSPS) is 15.8. The quantitative estimate of drug-likeness (QED) is 0.361. The molecule has 0 unspecified atom stereocenters. The number of hydrogen-bond acceptors (Lipinski definition) is 5. The summed E-state index contributed by atoms with van der Waals surface area (Å²) in [5.74, 6) is -1.45. The molecule has 0 bridgehead atoms. The molecule has 0 aliphatic carbocycles. The Bertz CT molecular complexity index is 1370. The Labute approximate surface area is 214 Å². The summed E-state index contributed by atoms with van der Waals surface area (Å²) in [6.45, 7) is 0.0830. The molecule has 1 aliphatic rings. The number of carbonyl (C=O) groups is 2. The minimum absolute atomic E-state index is 0.0830. The molecule has 1 saturated heterocycles. The number of carboxylic acids is 1. The minimum atomic E-state index is -1.06. The largest absolute Gasteiger partial charge is 0.486 e. The van der Waals surface area contributed by atoms with Crippen LogP contribution >= 0.6 is 35.0 Å². The number of aliphatic imine (C=N–C) groups is 1. The van der Waals surface area contributed by atoms with Crippen molar-refractivity contribution < 1.29 is 23.8 Å². The first-order valence-electron chi connectivity index (χ1n) is 10.2. The van der Waals surface area contributed by atoms with E-state index in [1.54, 1.807) is 49.5 Å². The van der Waals surface area contributed by atoms with Gasteiger partial charge in [0.2, 0.25) is 0 Å². The van der Waals surface area contributed by atoms with E-state index in [0.717, 1.165) is 11.8 Å². The first-order valence-corrected chi connectivity index (χ1v) is 11.7. The number of amides is 1. The van der Waals surface area contributed by atoms with Crippen LogP contribution in [0.25, 0.3) is 6.08 Å². The van der Waals surface area contributed by atoms with Gasteiger partial charge in [0.25, 0.3) is 5.91 Å². The number of halogens is 3. The average molecular weight is 531 g/mol. The minimum Gasteiger partial charge on any atom is -0.486 e.